The van der Waals surface area contributed by atoms with E-state index in [4.69, 9.17) is 4.74 Å². The van der Waals surface area contributed by atoms with E-state index in [-0.39, 0.29) is 11.5 Å². The van der Waals surface area contributed by atoms with Crippen molar-refractivity contribution in [3.63, 3.8) is 0 Å². The van der Waals surface area contributed by atoms with Gasteiger partial charge in [0.1, 0.15) is 0 Å². The first-order valence-corrected chi connectivity index (χ1v) is 10.8. The highest BCUT2D eigenvalue weighted by molar-refractivity contribution is 5.13. The number of rotatable bonds is 0. The lowest BCUT2D eigenvalue weighted by Gasteiger charge is -2.61. The van der Waals surface area contributed by atoms with E-state index in [0.29, 0.717) is 11.3 Å². The summed E-state index contributed by atoms with van der Waals surface area (Å²) in [5.74, 6) is 5.05. The van der Waals surface area contributed by atoms with Gasteiger partial charge in [-0.1, -0.05) is 20.3 Å². The second-order valence-corrected chi connectivity index (χ2v) is 10.6. The maximum absolute atomic E-state index is 10.9. The van der Waals surface area contributed by atoms with Gasteiger partial charge >= 0.3 is 0 Å². The lowest BCUT2D eigenvalue weighted by atomic mass is 9.44. The molecule has 0 aromatic carbocycles. The van der Waals surface area contributed by atoms with Crippen LogP contribution in [0.3, 0.4) is 0 Å². The van der Waals surface area contributed by atoms with Crippen LogP contribution in [0.1, 0.15) is 78.6 Å². The molecule has 4 saturated carbocycles. The van der Waals surface area contributed by atoms with Gasteiger partial charge in [-0.2, -0.15) is 0 Å². The third-order valence-electron chi connectivity index (χ3n) is 9.95. The van der Waals surface area contributed by atoms with Crippen molar-refractivity contribution < 1.29 is 9.84 Å². The van der Waals surface area contributed by atoms with Gasteiger partial charge in [0.15, 0.2) is 6.29 Å². The topological polar surface area (TPSA) is 29.5 Å². The molecule has 5 fully saturated rings. The van der Waals surface area contributed by atoms with Gasteiger partial charge in [-0.3, -0.25) is 0 Å². The Hall–Kier alpha value is -0.0800. The third kappa shape index (κ3) is 1.85. The molecule has 0 radical (unpaired) electrons. The predicted octanol–water partition coefficient (Wildman–Crippen LogP) is 5.00. The molecule has 2 heteroatoms. The van der Waals surface area contributed by atoms with E-state index in [0.717, 1.165) is 29.6 Å². The molecule has 5 rings (SSSR count). The molecule has 0 bridgehead atoms. The minimum atomic E-state index is -0.483. The molecule has 4 aliphatic carbocycles. The first-order valence-electron chi connectivity index (χ1n) is 10.8. The van der Waals surface area contributed by atoms with Gasteiger partial charge in [-0.05, 0) is 99.2 Å². The fraction of sp³-hybridized carbons (Fsp3) is 1.00. The van der Waals surface area contributed by atoms with E-state index in [2.05, 4.69) is 20.8 Å². The molecule has 1 heterocycles. The van der Waals surface area contributed by atoms with Crippen LogP contribution in [0.2, 0.25) is 0 Å². The zero-order valence-corrected chi connectivity index (χ0v) is 15.8. The van der Waals surface area contributed by atoms with E-state index in [1.165, 1.54) is 57.8 Å². The summed E-state index contributed by atoms with van der Waals surface area (Å²) in [6.45, 7) is 7.32. The minimum absolute atomic E-state index is 0.117. The van der Waals surface area contributed by atoms with Crippen molar-refractivity contribution >= 4 is 0 Å². The molecule has 1 aliphatic heterocycles. The summed E-state index contributed by atoms with van der Waals surface area (Å²) in [4.78, 5) is 0. The second kappa shape index (κ2) is 5.22. The maximum Gasteiger partial charge on any atom is 0.161 e. The Kier molecular flexibility index (Phi) is 3.51. The van der Waals surface area contributed by atoms with Crippen LogP contribution in [0, 0.1) is 46.3 Å². The smallest absolute Gasteiger partial charge is 0.161 e. The van der Waals surface area contributed by atoms with Crippen LogP contribution in [0.5, 0.6) is 0 Å². The number of fused-ring (bicyclic) bond motifs is 4. The summed E-state index contributed by atoms with van der Waals surface area (Å²) in [5.41, 5.74) is 0.705. The molecule has 0 aromatic rings. The fourth-order valence-corrected chi connectivity index (χ4v) is 8.83. The van der Waals surface area contributed by atoms with Crippen molar-refractivity contribution in [3.8, 4) is 0 Å². The molecule has 1 spiro atoms. The molecule has 1 unspecified atom stereocenters. The van der Waals surface area contributed by atoms with Gasteiger partial charge in [0.2, 0.25) is 0 Å². The van der Waals surface area contributed by atoms with E-state index < -0.39 is 6.29 Å². The Morgan fingerprint density at radius 1 is 0.875 bits per heavy atom. The number of aliphatic hydroxyl groups is 1. The van der Waals surface area contributed by atoms with Crippen molar-refractivity contribution in [2.24, 2.45) is 46.3 Å². The first kappa shape index (κ1) is 16.1. The fourth-order valence-electron chi connectivity index (χ4n) is 8.83. The number of ether oxygens (including phenoxy) is 1. The zero-order valence-electron chi connectivity index (χ0n) is 15.8. The van der Waals surface area contributed by atoms with Crippen LogP contribution in [-0.2, 0) is 4.74 Å². The number of hydrogen-bond acceptors (Lipinski definition) is 2. The SMILES string of the molecule is C[C@@H]1CC[C@@]2(C)[C@@H](CC[C@@H]3[C@@H]2CC[C@]24C(O)O[C@H](C)[C@H]2CC[C@@H]34)C1. The van der Waals surface area contributed by atoms with Crippen LogP contribution in [-0.4, -0.2) is 17.5 Å². The lowest BCUT2D eigenvalue weighted by Crippen LogP contribution is -2.55. The van der Waals surface area contributed by atoms with Gasteiger partial charge in [-0.25, -0.2) is 0 Å². The molecular formula is C22H36O2. The lowest BCUT2D eigenvalue weighted by molar-refractivity contribution is -0.190. The van der Waals surface area contributed by atoms with Crippen LogP contribution in [0.4, 0.5) is 0 Å². The van der Waals surface area contributed by atoms with Crippen molar-refractivity contribution in [3.05, 3.63) is 0 Å². The highest BCUT2D eigenvalue weighted by Gasteiger charge is 2.67. The van der Waals surface area contributed by atoms with Gasteiger partial charge < -0.3 is 9.84 Å². The van der Waals surface area contributed by atoms with Crippen LogP contribution in [0.25, 0.3) is 0 Å². The molecule has 0 aromatic heterocycles. The summed E-state index contributed by atoms with van der Waals surface area (Å²) >= 11 is 0. The third-order valence-corrected chi connectivity index (χ3v) is 9.95. The summed E-state index contributed by atoms with van der Waals surface area (Å²) in [5, 5.41) is 10.9. The Labute approximate surface area is 147 Å². The monoisotopic (exact) mass is 332 g/mol. The standard InChI is InChI=1S/C22H36O2/c1-13-8-10-21(3)15(12-13)4-5-16-18(21)9-11-22-17(6-7-19(16)22)14(2)24-20(22)23/h13-20,23H,4-12H2,1-3H3/t13-,14-,15+,16-,17-,18+,19+,20?,21+,22+/m1/s1. The molecule has 0 amide bonds. The maximum atomic E-state index is 10.9. The van der Waals surface area contributed by atoms with Crippen molar-refractivity contribution in [1.82, 2.24) is 0 Å². The van der Waals surface area contributed by atoms with Crippen LogP contribution in [0.15, 0.2) is 0 Å². The molecule has 1 N–H and O–H groups in total. The van der Waals surface area contributed by atoms with E-state index in [9.17, 15) is 5.11 Å². The molecular weight excluding hydrogens is 296 g/mol. The highest BCUT2D eigenvalue weighted by atomic mass is 16.6. The van der Waals surface area contributed by atoms with Gasteiger partial charge in [0.25, 0.3) is 0 Å². The van der Waals surface area contributed by atoms with Crippen molar-refractivity contribution in [1.29, 1.82) is 0 Å². The summed E-state index contributed by atoms with van der Waals surface area (Å²) < 4.78 is 5.97. The zero-order chi connectivity index (χ0) is 16.7. The van der Waals surface area contributed by atoms with Crippen molar-refractivity contribution in [2.75, 3.05) is 0 Å². The summed E-state index contributed by atoms with van der Waals surface area (Å²) in [6.07, 6.45) is 12.3. The Morgan fingerprint density at radius 2 is 1.67 bits per heavy atom. The highest BCUT2D eigenvalue weighted by Crippen LogP contribution is 2.70. The summed E-state index contributed by atoms with van der Waals surface area (Å²) in [6, 6.07) is 0. The Balaban J connectivity index is 1.47. The molecule has 5 aliphatic rings. The van der Waals surface area contributed by atoms with Gasteiger partial charge in [0, 0.05) is 5.41 Å². The average molecular weight is 333 g/mol. The Bertz CT molecular complexity index is 518. The molecule has 2 nitrogen and oxygen atoms in total. The second-order valence-electron chi connectivity index (χ2n) is 10.6. The molecule has 10 atom stereocenters. The average Bonchev–Trinajstić information content (AvgIpc) is 3.05. The van der Waals surface area contributed by atoms with E-state index >= 15 is 0 Å². The first-order chi connectivity index (χ1) is 11.5. The van der Waals surface area contributed by atoms with Gasteiger partial charge in [-0.15, -0.1) is 0 Å². The molecule has 24 heavy (non-hydrogen) atoms. The number of aliphatic hydroxyl groups excluding tert-OH is 1. The van der Waals surface area contributed by atoms with Gasteiger partial charge in [0.05, 0.1) is 6.10 Å². The number of hydrogen-bond donors (Lipinski definition) is 1. The van der Waals surface area contributed by atoms with Crippen LogP contribution < -0.4 is 0 Å². The van der Waals surface area contributed by atoms with E-state index in [1.54, 1.807) is 0 Å². The minimum Gasteiger partial charge on any atom is -0.367 e. The normalized spacial score (nSPS) is 62.5. The largest absolute Gasteiger partial charge is 0.367 e. The summed E-state index contributed by atoms with van der Waals surface area (Å²) in [7, 11) is 0. The van der Waals surface area contributed by atoms with E-state index in [1.807, 2.05) is 0 Å². The quantitative estimate of drug-likeness (QED) is 0.676. The van der Waals surface area contributed by atoms with Crippen molar-refractivity contribution in [2.45, 2.75) is 91.0 Å². The van der Waals surface area contributed by atoms with Crippen LogP contribution >= 0.6 is 0 Å². The Morgan fingerprint density at radius 3 is 2.50 bits per heavy atom. The predicted molar refractivity (Wildman–Crippen MR) is 95.3 cm³/mol. The molecule has 1 saturated heterocycles. The molecule has 136 valence electrons.